The number of thiol groups is 1. The third kappa shape index (κ3) is 6.35. The Morgan fingerprint density at radius 2 is 2.30 bits per heavy atom. The van der Waals surface area contributed by atoms with Gasteiger partial charge in [0.1, 0.15) is 7.11 Å². The van der Waals surface area contributed by atoms with Gasteiger partial charge in [0.15, 0.2) is 0 Å². The van der Waals surface area contributed by atoms with Crippen molar-refractivity contribution >= 4 is 35.6 Å². The molecular weight excluding hydrogens is 193 g/mol. The van der Waals surface area contributed by atoms with Crippen LogP contribution < -0.4 is 0 Å². The molecule has 0 aromatic heterocycles. The molecule has 7 heteroatoms. The van der Waals surface area contributed by atoms with Gasteiger partial charge < -0.3 is 14.3 Å². The molecule has 10 heavy (non-hydrogen) atoms. The van der Waals surface area contributed by atoms with Crippen LogP contribution >= 0.6 is 17.9 Å². The molecule has 0 saturated heterocycles. The van der Waals surface area contributed by atoms with Crippen molar-refractivity contribution in [3.63, 3.8) is 0 Å². The van der Waals surface area contributed by atoms with Crippen LogP contribution in [0, 0.1) is 0 Å². The number of rotatable bonds is 2. The van der Waals surface area contributed by atoms with Crippen LogP contribution in [-0.2, 0) is 21.2 Å². The molecule has 0 aliphatic carbocycles. The van der Waals surface area contributed by atoms with Gasteiger partial charge in [-0.25, -0.2) is 0 Å². The monoisotopic (exact) mass is 201 g/mol. The number of hydrogen-bond acceptors (Lipinski definition) is 4. The Morgan fingerprint density at radius 1 is 1.80 bits per heavy atom. The molecule has 1 unspecified atom stereocenters. The van der Waals surface area contributed by atoms with E-state index in [0.717, 1.165) is 0 Å². The van der Waals surface area contributed by atoms with E-state index < -0.39 is 5.69 Å². The molecule has 0 aromatic carbocycles. The van der Waals surface area contributed by atoms with Crippen LogP contribution in [0.2, 0.25) is 0 Å². The fourth-order valence-corrected chi connectivity index (χ4v) is 1.37. The van der Waals surface area contributed by atoms with Gasteiger partial charge in [-0.1, -0.05) is 17.4 Å². The van der Waals surface area contributed by atoms with E-state index in [9.17, 15) is 0 Å². The summed E-state index contributed by atoms with van der Waals surface area (Å²) >= 11 is 8.06. The Labute approximate surface area is 69.5 Å². The molecule has 0 spiro atoms. The number of oxime groups is 1. The summed E-state index contributed by atoms with van der Waals surface area (Å²) in [6.07, 6.45) is 0. The minimum atomic E-state index is -2.93. The van der Waals surface area contributed by atoms with Gasteiger partial charge in [-0.2, -0.15) is 0 Å². The lowest BCUT2D eigenvalue weighted by atomic mass is 10.8. The van der Waals surface area contributed by atoms with Crippen molar-refractivity contribution in [1.29, 1.82) is 0 Å². The van der Waals surface area contributed by atoms with Gasteiger partial charge in [-0.3, -0.25) is 0 Å². The minimum absolute atomic E-state index is 0.170. The summed E-state index contributed by atoms with van der Waals surface area (Å²) in [4.78, 5) is 13.2. The lowest BCUT2D eigenvalue weighted by molar-refractivity contribution is 0.205. The van der Waals surface area contributed by atoms with E-state index in [0.29, 0.717) is 0 Å². The van der Waals surface area contributed by atoms with Crippen LogP contribution in [0.3, 0.4) is 0 Å². The highest BCUT2D eigenvalue weighted by Gasteiger charge is 2.07. The van der Waals surface area contributed by atoms with Crippen molar-refractivity contribution in [2.75, 3.05) is 7.11 Å². The average Bonchev–Trinajstić information content (AvgIpc) is 1.59. The zero-order chi connectivity index (χ0) is 8.20. The van der Waals surface area contributed by atoms with Gasteiger partial charge in [0.25, 0.3) is 5.69 Å². The maximum Gasteiger partial charge on any atom is 0.292 e. The van der Waals surface area contributed by atoms with Gasteiger partial charge in [0.2, 0.25) is 5.90 Å². The lowest BCUT2D eigenvalue weighted by Gasteiger charge is -2.07. The maximum absolute atomic E-state index is 8.85. The molecule has 0 bridgehead atoms. The van der Waals surface area contributed by atoms with Gasteiger partial charge in [0, 0.05) is 6.92 Å². The fourth-order valence-electron chi connectivity index (χ4n) is 0.317. The van der Waals surface area contributed by atoms with E-state index in [1.54, 1.807) is 0 Å². The van der Waals surface area contributed by atoms with E-state index >= 15 is 0 Å². The molecule has 1 N–H and O–H groups in total. The highest BCUT2D eigenvalue weighted by molar-refractivity contribution is 8.59. The molecule has 0 aromatic rings. The third-order valence-electron chi connectivity index (χ3n) is 0.471. The second-order valence-electron chi connectivity index (χ2n) is 1.37. The van der Waals surface area contributed by atoms with Crippen LogP contribution in [0.5, 0.6) is 0 Å². The average molecular weight is 201 g/mol. The predicted molar refractivity (Wildman–Crippen MR) is 46.7 cm³/mol. The van der Waals surface area contributed by atoms with Crippen molar-refractivity contribution in [1.82, 2.24) is 0 Å². The summed E-state index contributed by atoms with van der Waals surface area (Å²) in [6, 6.07) is 0. The summed E-state index contributed by atoms with van der Waals surface area (Å²) in [5.74, 6) is 0.170. The molecule has 0 amide bonds. The first-order chi connectivity index (χ1) is 4.45. The summed E-state index contributed by atoms with van der Waals surface area (Å²) in [6.45, 7) is 1.51. The van der Waals surface area contributed by atoms with Crippen LogP contribution in [0.1, 0.15) is 6.92 Å². The lowest BCUT2D eigenvalue weighted by Crippen LogP contribution is -1.94. The Bertz CT molecular complexity index is 177. The van der Waals surface area contributed by atoms with Crippen molar-refractivity contribution in [3.8, 4) is 0 Å². The van der Waals surface area contributed by atoms with Crippen LogP contribution in [0.4, 0.5) is 0 Å². The number of nitrogens with zero attached hydrogens (tertiary/aromatic N) is 1. The smallest absolute Gasteiger partial charge is 0.292 e. The first-order valence-corrected chi connectivity index (χ1v) is 6.11. The largest absolute Gasteiger partial charge is 0.419 e. The van der Waals surface area contributed by atoms with Gasteiger partial charge in [0.05, 0.1) is 0 Å². The fraction of sp³-hybridized carbons (Fsp3) is 0.667. The van der Waals surface area contributed by atoms with Crippen molar-refractivity contribution in [2.24, 2.45) is 5.16 Å². The third-order valence-corrected chi connectivity index (χ3v) is 1.44. The van der Waals surface area contributed by atoms with Crippen LogP contribution in [-0.4, -0.2) is 17.9 Å². The molecule has 60 valence electrons. The van der Waals surface area contributed by atoms with Crippen molar-refractivity contribution in [2.45, 2.75) is 6.92 Å². The highest BCUT2D eigenvalue weighted by Crippen LogP contribution is 2.47. The molecule has 0 fully saturated rings. The summed E-state index contributed by atoms with van der Waals surface area (Å²) < 4.78 is 4.65. The topological polar surface area (TPSA) is 51.0 Å². The second kappa shape index (κ2) is 4.18. The van der Waals surface area contributed by atoms with Crippen molar-refractivity contribution < 1.29 is 14.3 Å². The predicted octanol–water partition coefficient (Wildman–Crippen LogP) is 1.13. The van der Waals surface area contributed by atoms with Gasteiger partial charge in [-0.15, -0.1) is 0 Å². The normalized spacial score (nSPS) is 17.8. The molecule has 4 nitrogen and oxygen atoms in total. The summed E-state index contributed by atoms with van der Waals surface area (Å²) in [5.41, 5.74) is -2.93. The van der Waals surface area contributed by atoms with E-state index in [4.69, 9.17) is 4.89 Å². The number of hydrogen-bond donors (Lipinski definition) is 2. The van der Waals surface area contributed by atoms with E-state index in [1.807, 2.05) is 0 Å². The van der Waals surface area contributed by atoms with Crippen LogP contribution in [0.25, 0.3) is 0 Å². The first kappa shape index (κ1) is 10.2. The van der Waals surface area contributed by atoms with Crippen molar-refractivity contribution in [3.05, 3.63) is 0 Å². The maximum atomic E-state index is 8.85. The highest BCUT2D eigenvalue weighted by atomic mass is 32.9. The summed E-state index contributed by atoms with van der Waals surface area (Å²) in [5, 5.41) is 3.36. The Balaban J connectivity index is 3.92. The standard InChI is InChI=1S/C3H8NO3PS2/c1-3(4-6-2)7-8(5,9)10/h1-2H3,(H2,5,9,10). The Morgan fingerprint density at radius 3 is 2.60 bits per heavy atom. The van der Waals surface area contributed by atoms with E-state index in [1.165, 1.54) is 14.0 Å². The second-order valence-corrected chi connectivity index (χ2v) is 6.46. The SMILES string of the molecule is CON=C(C)OP(O)(=S)S. The molecule has 0 saturated carbocycles. The Kier molecular flexibility index (Phi) is 4.28. The van der Waals surface area contributed by atoms with Crippen LogP contribution in [0.15, 0.2) is 5.16 Å². The molecule has 1 atom stereocenters. The summed E-state index contributed by atoms with van der Waals surface area (Å²) in [7, 11) is 1.37. The zero-order valence-electron chi connectivity index (χ0n) is 5.51. The Hall–Kier alpha value is 0.230. The zero-order valence-corrected chi connectivity index (χ0v) is 8.12. The molecule has 0 radical (unpaired) electrons. The first-order valence-electron chi connectivity index (χ1n) is 2.28. The van der Waals surface area contributed by atoms with E-state index in [2.05, 4.69) is 38.6 Å². The minimum Gasteiger partial charge on any atom is -0.419 e. The molecule has 0 aliphatic heterocycles. The molecular formula is C3H8NO3PS2. The van der Waals surface area contributed by atoms with Gasteiger partial charge >= 0.3 is 0 Å². The quantitative estimate of drug-likeness (QED) is 0.231. The molecule has 0 heterocycles. The molecule has 0 rings (SSSR count). The molecule has 0 aliphatic rings. The van der Waals surface area contributed by atoms with Gasteiger partial charge in [-0.05, 0) is 11.8 Å². The van der Waals surface area contributed by atoms with E-state index in [-0.39, 0.29) is 5.90 Å².